The van der Waals surface area contributed by atoms with Gasteiger partial charge in [-0.25, -0.2) is 5.48 Å². The molecule has 0 aliphatic carbocycles. The zero-order chi connectivity index (χ0) is 20.7. The Morgan fingerprint density at radius 2 is 1.89 bits per heavy atom. The lowest BCUT2D eigenvalue weighted by molar-refractivity contribution is -0.384. The van der Waals surface area contributed by atoms with Crippen LogP contribution < -0.4 is 15.5 Å². The van der Waals surface area contributed by atoms with Crippen LogP contribution in [0.2, 0.25) is 0 Å². The summed E-state index contributed by atoms with van der Waals surface area (Å²) in [6.07, 6.45) is -1.21. The third kappa shape index (κ3) is 5.50. The van der Waals surface area contributed by atoms with Gasteiger partial charge in [0.1, 0.15) is 18.4 Å². The highest BCUT2D eigenvalue weighted by molar-refractivity contribution is 5.97. The number of nitro groups is 1. The van der Waals surface area contributed by atoms with Crippen molar-refractivity contribution in [3.63, 3.8) is 0 Å². The molecule has 10 heteroatoms. The molecule has 0 radical (unpaired) electrons. The van der Waals surface area contributed by atoms with E-state index in [1.165, 1.54) is 48.8 Å². The van der Waals surface area contributed by atoms with Crippen molar-refractivity contribution >= 4 is 17.5 Å². The van der Waals surface area contributed by atoms with Gasteiger partial charge in [0.05, 0.1) is 11.0 Å². The molecule has 0 fully saturated rings. The SMILES string of the molecule is C[C@@H](O)[C@H](NC(=O)c1ccc(OCc2cccc([N+](=O)[O-])c2)cc1)C(=O)NO. The number of rotatable bonds is 8. The Hall–Kier alpha value is -3.50. The molecule has 0 saturated heterocycles. The number of aliphatic hydroxyl groups is 1. The molecule has 4 N–H and O–H groups in total. The van der Waals surface area contributed by atoms with Gasteiger partial charge in [-0.3, -0.25) is 24.9 Å². The van der Waals surface area contributed by atoms with E-state index in [0.717, 1.165) is 0 Å². The normalized spacial score (nSPS) is 12.5. The molecule has 2 amide bonds. The third-order valence-corrected chi connectivity index (χ3v) is 3.81. The summed E-state index contributed by atoms with van der Waals surface area (Å²) in [6, 6.07) is 10.7. The number of carbonyl (C=O) groups is 2. The predicted octanol–water partition coefficient (Wildman–Crippen LogP) is 1.16. The van der Waals surface area contributed by atoms with Gasteiger partial charge in [-0.15, -0.1) is 0 Å². The van der Waals surface area contributed by atoms with Gasteiger partial charge in [-0.2, -0.15) is 0 Å². The van der Waals surface area contributed by atoms with E-state index in [9.17, 15) is 24.8 Å². The number of hydrogen-bond acceptors (Lipinski definition) is 7. The van der Waals surface area contributed by atoms with Crippen LogP contribution in [0.1, 0.15) is 22.8 Å². The van der Waals surface area contributed by atoms with Crippen LogP contribution in [0.4, 0.5) is 5.69 Å². The number of nitro benzene ring substituents is 1. The van der Waals surface area contributed by atoms with E-state index in [4.69, 9.17) is 9.94 Å². The van der Waals surface area contributed by atoms with Gasteiger partial charge in [0.15, 0.2) is 0 Å². The van der Waals surface area contributed by atoms with Gasteiger partial charge < -0.3 is 15.2 Å². The number of hydroxylamine groups is 1. The van der Waals surface area contributed by atoms with Gasteiger partial charge in [0.25, 0.3) is 17.5 Å². The van der Waals surface area contributed by atoms with Crippen LogP contribution in [-0.4, -0.2) is 39.2 Å². The maximum absolute atomic E-state index is 12.2. The first-order chi connectivity index (χ1) is 13.3. The monoisotopic (exact) mass is 389 g/mol. The van der Waals surface area contributed by atoms with E-state index >= 15 is 0 Å². The lowest BCUT2D eigenvalue weighted by Gasteiger charge is -2.19. The molecule has 2 aromatic rings. The van der Waals surface area contributed by atoms with Crippen molar-refractivity contribution in [2.75, 3.05) is 0 Å². The summed E-state index contributed by atoms with van der Waals surface area (Å²) in [5.41, 5.74) is 2.17. The predicted molar refractivity (Wildman–Crippen MR) is 96.7 cm³/mol. The van der Waals surface area contributed by atoms with Gasteiger partial charge >= 0.3 is 0 Å². The molecule has 10 nitrogen and oxygen atoms in total. The van der Waals surface area contributed by atoms with E-state index in [1.807, 2.05) is 0 Å². The average molecular weight is 389 g/mol. The lowest BCUT2D eigenvalue weighted by atomic mass is 10.1. The quantitative estimate of drug-likeness (QED) is 0.300. The molecule has 0 heterocycles. The molecule has 0 saturated carbocycles. The summed E-state index contributed by atoms with van der Waals surface area (Å²) in [5, 5.41) is 31.3. The fourth-order valence-corrected chi connectivity index (χ4v) is 2.33. The number of nitrogens with zero attached hydrogens (tertiary/aromatic N) is 1. The number of carbonyl (C=O) groups excluding carboxylic acids is 2. The summed E-state index contributed by atoms with van der Waals surface area (Å²) in [7, 11) is 0. The minimum absolute atomic E-state index is 0.0345. The molecule has 148 valence electrons. The van der Waals surface area contributed by atoms with Crippen molar-refractivity contribution < 1.29 is 29.6 Å². The fraction of sp³-hybridized carbons (Fsp3) is 0.222. The number of non-ortho nitro benzene ring substituents is 1. The highest BCUT2D eigenvalue weighted by Gasteiger charge is 2.25. The van der Waals surface area contributed by atoms with Crippen LogP contribution in [0, 0.1) is 10.1 Å². The molecule has 2 atom stereocenters. The second kappa shape index (κ2) is 9.44. The van der Waals surface area contributed by atoms with Crippen molar-refractivity contribution in [2.24, 2.45) is 0 Å². The van der Waals surface area contributed by atoms with E-state index in [-0.39, 0.29) is 17.9 Å². The number of hydrogen-bond donors (Lipinski definition) is 4. The largest absolute Gasteiger partial charge is 0.489 e. The molecule has 0 aliphatic rings. The summed E-state index contributed by atoms with van der Waals surface area (Å²) in [6.45, 7) is 1.40. The van der Waals surface area contributed by atoms with Crippen LogP contribution in [0.3, 0.4) is 0 Å². The topological polar surface area (TPSA) is 151 Å². The van der Waals surface area contributed by atoms with Gasteiger partial charge in [0.2, 0.25) is 0 Å². The van der Waals surface area contributed by atoms with E-state index in [2.05, 4.69) is 5.32 Å². The minimum atomic E-state index is -1.32. The van der Waals surface area contributed by atoms with E-state index in [0.29, 0.717) is 11.3 Å². The van der Waals surface area contributed by atoms with Crippen molar-refractivity contribution in [1.29, 1.82) is 0 Å². The fourth-order valence-electron chi connectivity index (χ4n) is 2.33. The number of nitrogens with one attached hydrogen (secondary N) is 2. The van der Waals surface area contributed by atoms with Gasteiger partial charge in [-0.1, -0.05) is 12.1 Å². The summed E-state index contributed by atoms with van der Waals surface area (Å²) >= 11 is 0. The van der Waals surface area contributed by atoms with Crippen molar-refractivity contribution in [3.05, 3.63) is 69.8 Å². The molecule has 0 unspecified atom stereocenters. The Bertz CT molecular complexity index is 853. The molecule has 0 aliphatic heterocycles. The van der Waals surface area contributed by atoms with Crippen LogP contribution in [0.15, 0.2) is 48.5 Å². The maximum atomic E-state index is 12.2. The molecule has 2 aromatic carbocycles. The Morgan fingerprint density at radius 3 is 2.46 bits per heavy atom. The number of benzene rings is 2. The van der Waals surface area contributed by atoms with Crippen molar-refractivity contribution in [3.8, 4) is 5.75 Å². The van der Waals surface area contributed by atoms with Crippen LogP contribution in [-0.2, 0) is 11.4 Å². The van der Waals surface area contributed by atoms with Crippen LogP contribution in [0.25, 0.3) is 0 Å². The first-order valence-corrected chi connectivity index (χ1v) is 8.21. The highest BCUT2D eigenvalue weighted by Crippen LogP contribution is 2.17. The standard InChI is InChI=1S/C18H19N3O7/c1-11(22)16(18(24)20-25)19-17(23)13-5-7-15(8-6-13)28-10-12-3-2-4-14(9-12)21(26)27/h2-9,11,16,22,25H,10H2,1H3,(H,19,23)(H,20,24)/t11-,16+/m1/s1. The Labute approximate surface area is 159 Å². The second-order valence-corrected chi connectivity index (χ2v) is 5.91. The Kier molecular flexibility index (Phi) is 7.02. The van der Waals surface area contributed by atoms with Crippen LogP contribution >= 0.6 is 0 Å². The Balaban J connectivity index is 1.99. The molecule has 2 rings (SSSR count). The van der Waals surface area contributed by atoms with Crippen molar-refractivity contribution in [1.82, 2.24) is 10.8 Å². The molecule has 28 heavy (non-hydrogen) atoms. The van der Waals surface area contributed by atoms with Gasteiger partial charge in [-0.05, 0) is 36.8 Å². The maximum Gasteiger partial charge on any atom is 0.269 e. The summed E-state index contributed by atoms with van der Waals surface area (Å²) in [5.74, 6) is -1.14. The molecule has 0 bridgehead atoms. The average Bonchev–Trinajstić information content (AvgIpc) is 2.70. The smallest absolute Gasteiger partial charge is 0.269 e. The van der Waals surface area contributed by atoms with Gasteiger partial charge in [0, 0.05) is 17.7 Å². The first-order valence-electron chi connectivity index (χ1n) is 8.21. The second-order valence-electron chi connectivity index (χ2n) is 5.91. The van der Waals surface area contributed by atoms with Crippen molar-refractivity contribution in [2.45, 2.75) is 25.7 Å². The number of amides is 2. The molecular formula is C18H19N3O7. The zero-order valence-corrected chi connectivity index (χ0v) is 14.9. The highest BCUT2D eigenvalue weighted by atomic mass is 16.6. The van der Waals surface area contributed by atoms with E-state index in [1.54, 1.807) is 12.1 Å². The number of aliphatic hydroxyl groups excluding tert-OH is 1. The number of ether oxygens (including phenoxy) is 1. The Morgan fingerprint density at radius 1 is 1.21 bits per heavy atom. The van der Waals surface area contributed by atoms with E-state index < -0.39 is 28.9 Å². The molecular weight excluding hydrogens is 370 g/mol. The molecule has 0 spiro atoms. The third-order valence-electron chi connectivity index (χ3n) is 3.81. The molecule has 0 aromatic heterocycles. The first kappa shape index (κ1) is 20.8. The lowest BCUT2D eigenvalue weighted by Crippen LogP contribution is -2.51. The summed E-state index contributed by atoms with van der Waals surface area (Å²) in [4.78, 5) is 33.9. The van der Waals surface area contributed by atoms with Crippen LogP contribution in [0.5, 0.6) is 5.75 Å². The minimum Gasteiger partial charge on any atom is -0.489 e. The zero-order valence-electron chi connectivity index (χ0n) is 14.9. The summed E-state index contributed by atoms with van der Waals surface area (Å²) < 4.78 is 5.54.